The standard InChI is InChI=1S/C9H8FNS/c1-12-6-7-2-3-9(10)4-8(7)5-11/h2-4H,6H2,1H3. The Morgan fingerprint density at radius 1 is 1.58 bits per heavy atom. The molecule has 0 saturated heterocycles. The van der Waals surface area contributed by atoms with Crippen LogP contribution < -0.4 is 0 Å². The van der Waals surface area contributed by atoms with E-state index in [0.29, 0.717) is 5.56 Å². The quantitative estimate of drug-likeness (QED) is 0.700. The molecular weight excluding hydrogens is 173 g/mol. The molecular formula is C9H8FNS. The van der Waals surface area contributed by atoms with E-state index in [9.17, 15) is 4.39 Å². The molecule has 0 saturated carbocycles. The molecule has 0 aliphatic rings. The van der Waals surface area contributed by atoms with Gasteiger partial charge in [0.1, 0.15) is 5.82 Å². The van der Waals surface area contributed by atoms with Crippen LogP contribution in [0.15, 0.2) is 18.2 Å². The molecule has 0 aliphatic heterocycles. The van der Waals surface area contributed by atoms with Crippen molar-refractivity contribution in [3.8, 4) is 6.07 Å². The Hall–Kier alpha value is -1.01. The lowest BCUT2D eigenvalue weighted by Crippen LogP contribution is -1.88. The van der Waals surface area contributed by atoms with E-state index in [1.165, 1.54) is 12.1 Å². The molecule has 1 aromatic carbocycles. The summed E-state index contributed by atoms with van der Waals surface area (Å²) in [6.45, 7) is 0. The topological polar surface area (TPSA) is 23.8 Å². The molecule has 3 heteroatoms. The Balaban J connectivity index is 3.05. The lowest BCUT2D eigenvalue weighted by Gasteiger charge is -2.00. The van der Waals surface area contributed by atoms with E-state index in [1.807, 2.05) is 12.3 Å². The first-order valence-electron chi connectivity index (χ1n) is 3.45. The van der Waals surface area contributed by atoms with Crippen molar-refractivity contribution >= 4 is 11.8 Å². The molecule has 0 aliphatic carbocycles. The van der Waals surface area contributed by atoms with Crippen molar-refractivity contribution in [1.29, 1.82) is 5.26 Å². The van der Waals surface area contributed by atoms with Crippen LogP contribution in [0.2, 0.25) is 0 Å². The van der Waals surface area contributed by atoms with Gasteiger partial charge in [-0.25, -0.2) is 4.39 Å². The highest BCUT2D eigenvalue weighted by Crippen LogP contribution is 2.15. The summed E-state index contributed by atoms with van der Waals surface area (Å²) in [5, 5.41) is 8.64. The molecule has 0 aromatic heterocycles. The van der Waals surface area contributed by atoms with Gasteiger partial charge in [-0.1, -0.05) is 6.07 Å². The molecule has 0 spiro atoms. The second-order valence-corrected chi connectivity index (χ2v) is 3.21. The summed E-state index contributed by atoms with van der Waals surface area (Å²) in [4.78, 5) is 0. The van der Waals surface area contributed by atoms with Gasteiger partial charge in [0.05, 0.1) is 11.6 Å². The average molecular weight is 181 g/mol. The third kappa shape index (κ3) is 1.99. The summed E-state index contributed by atoms with van der Waals surface area (Å²) in [6, 6.07) is 6.28. The van der Waals surface area contributed by atoms with Crippen LogP contribution >= 0.6 is 11.8 Å². The summed E-state index contributed by atoms with van der Waals surface area (Å²) in [7, 11) is 0. The average Bonchev–Trinajstić information content (AvgIpc) is 2.08. The second-order valence-electron chi connectivity index (χ2n) is 2.35. The van der Waals surface area contributed by atoms with Crippen LogP contribution in [0.4, 0.5) is 4.39 Å². The predicted octanol–water partition coefficient (Wildman–Crippen LogP) is 2.56. The van der Waals surface area contributed by atoms with Gasteiger partial charge in [0.15, 0.2) is 0 Å². The van der Waals surface area contributed by atoms with Gasteiger partial charge in [-0.05, 0) is 24.0 Å². The zero-order valence-corrected chi connectivity index (χ0v) is 7.49. The maximum absolute atomic E-state index is 12.6. The van der Waals surface area contributed by atoms with Gasteiger partial charge in [0.25, 0.3) is 0 Å². The second kappa shape index (κ2) is 4.13. The first kappa shape index (κ1) is 9.08. The number of halogens is 1. The molecule has 0 unspecified atom stereocenters. The Kier molecular flexibility index (Phi) is 3.12. The number of nitriles is 1. The highest BCUT2D eigenvalue weighted by Gasteiger charge is 2.01. The fourth-order valence-corrected chi connectivity index (χ4v) is 1.50. The summed E-state index contributed by atoms with van der Waals surface area (Å²) >= 11 is 1.62. The highest BCUT2D eigenvalue weighted by atomic mass is 32.2. The van der Waals surface area contributed by atoms with Crippen LogP contribution in [0.25, 0.3) is 0 Å². The number of thioether (sulfide) groups is 1. The Morgan fingerprint density at radius 2 is 2.33 bits per heavy atom. The normalized spacial score (nSPS) is 9.42. The van der Waals surface area contributed by atoms with Gasteiger partial charge < -0.3 is 0 Å². The van der Waals surface area contributed by atoms with E-state index in [2.05, 4.69) is 0 Å². The minimum atomic E-state index is -0.351. The maximum Gasteiger partial charge on any atom is 0.124 e. The fourth-order valence-electron chi connectivity index (χ4n) is 0.934. The molecule has 0 heterocycles. The number of rotatable bonds is 2. The van der Waals surface area contributed by atoms with Crippen molar-refractivity contribution in [3.05, 3.63) is 35.1 Å². The molecule has 0 atom stereocenters. The summed E-state index contributed by atoms with van der Waals surface area (Å²) in [5.74, 6) is 0.403. The lowest BCUT2D eigenvalue weighted by molar-refractivity contribution is 0.627. The molecule has 1 rings (SSSR count). The minimum Gasteiger partial charge on any atom is -0.207 e. The van der Waals surface area contributed by atoms with Crippen molar-refractivity contribution in [1.82, 2.24) is 0 Å². The van der Waals surface area contributed by atoms with Gasteiger partial charge in [-0.2, -0.15) is 17.0 Å². The lowest BCUT2D eigenvalue weighted by atomic mass is 10.1. The third-order valence-corrected chi connectivity index (χ3v) is 2.09. The number of hydrogen-bond acceptors (Lipinski definition) is 2. The van der Waals surface area contributed by atoms with E-state index in [1.54, 1.807) is 17.8 Å². The molecule has 12 heavy (non-hydrogen) atoms. The van der Waals surface area contributed by atoms with Crippen molar-refractivity contribution in [2.45, 2.75) is 5.75 Å². The number of nitrogens with zero attached hydrogens (tertiary/aromatic N) is 1. The molecule has 0 bridgehead atoms. The monoisotopic (exact) mass is 181 g/mol. The van der Waals surface area contributed by atoms with Crippen molar-refractivity contribution < 1.29 is 4.39 Å². The predicted molar refractivity (Wildman–Crippen MR) is 48.3 cm³/mol. The van der Waals surface area contributed by atoms with Crippen LogP contribution in [0, 0.1) is 17.1 Å². The van der Waals surface area contributed by atoms with E-state index in [0.717, 1.165) is 11.3 Å². The van der Waals surface area contributed by atoms with E-state index in [-0.39, 0.29) is 5.82 Å². The summed E-state index contributed by atoms with van der Waals surface area (Å²) < 4.78 is 12.6. The minimum absolute atomic E-state index is 0.351. The largest absolute Gasteiger partial charge is 0.207 e. The fraction of sp³-hybridized carbons (Fsp3) is 0.222. The molecule has 1 aromatic rings. The van der Waals surface area contributed by atoms with E-state index in [4.69, 9.17) is 5.26 Å². The molecule has 1 nitrogen and oxygen atoms in total. The van der Waals surface area contributed by atoms with Crippen LogP contribution in [-0.2, 0) is 5.75 Å². The Morgan fingerprint density at radius 3 is 2.92 bits per heavy atom. The van der Waals surface area contributed by atoms with Crippen LogP contribution in [-0.4, -0.2) is 6.26 Å². The highest BCUT2D eigenvalue weighted by molar-refractivity contribution is 7.97. The van der Waals surface area contributed by atoms with Gasteiger partial charge in [-0.15, -0.1) is 0 Å². The third-order valence-electron chi connectivity index (χ3n) is 1.49. The first-order chi connectivity index (χ1) is 5.77. The van der Waals surface area contributed by atoms with Crippen molar-refractivity contribution in [2.75, 3.05) is 6.26 Å². The maximum atomic E-state index is 12.6. The van der Waals surface area contributed by atoms with Crippen LogP contribution in [0.5, 0.6) is 0 Å². The van der Waals surface area contributed by atoms with Gasteiger partial charge in [0.2, 0.25) is 0 Å². The van der Waals surface area contributed by atoms with Gasteiger partial charge >= 0.3 is 0 Å². The van der Waals surface area contributed by atoms with Crippen molar-refractivity contribution in [3.63, 3.8) is 0 Å². The Bertz CT molecular complexity index is 317. The van der Waals surface area contributed by atoms with Crippen molar-refractivity contribution in [2.24, 2.45) is 0 Å². The zero-order chi connectivity index (χ0) is 8.97. The van der Waals surface area contributed by atoms with Crippen LogP contribution in [0.3, 0.4) is 0 Å². The smallest absolute Gasteiger partial charge is 0.124 e. The van der Waals surface area contributed by atoms with E-state index < -0.39 is 0 Å². The molecule has 0 N–H and O–H groups in total. The molecule has 62 valence electrons. The SMILES string of the molecule is CSCc1ccc(F)cc1C#N. The van der Waals surface area contributed by atoms with Gasteiger partial charge in [0, 0.05) is 5.75 Å². The molecule has 0 fully saturated rings. The van der Waals surface area contributed by atoms with E-state index >= 15 is 0 Å². The summed E-state index contributed by atoms with van der Waals surface area (Å²) in [6.07, 6.45) is 1.95. The Labute approximate surface area is 75.2 Å². The number of hydrogen-bond donors (Lipinski definition) is 0. The zero-order valence-electron chi connectivity index (χ0n) is 6.67. The molecule has 0 radical (unpaired) electrons. The number of benzene rings is 1. The summed E-state index contributed by atoms with van der Waals surface area (Å²) in [5.41, 5.74) is 1.33. The van der Waals surface area contributed by atoms with Crippen LogP contribution in [0.1, 0.15) is 11.1 Å². The van der Waals surface area contributed by atoms with Gasteiger partial charge in [-0.3, -0.25) is 0 Å². The molecule has 0 amide bonds. The first-order valence-corrected chi connectivity index (χ1v) is 4.84.